The van der Waals surface area contributed by atoms with E-state index in [2.05, 4.69) is 17.4 Å². The summed E-state index contributed by atoms with van der Waals surface area (Å²) in [6, 6.07) is 16.1. The number of rotatable bonds is 5. The summed E-state index contributed by atoms with van der Waals surface area (Å²) >= 11 is 1.65. The Morgan fingerprint density at radius 3 is 2.95 bits per heavy atom. The molecule has 2 aromatic rings. The molecule has 3 rings (SSSR count). The van der Waals surface area contributed by atoms with E-state index in [0.717, 1.165) is 12.2 Å². The summed E-state index contributed by atoms with van der Waals surface area (Å²) in [4.78, 5) is 13.4. The first-order valence-corrected chi connectivity index (χ1v) is 8.32. The highest BCUT2D eigenvalue weighted by atomic mass is 32.2. The first-order chi connectivity index (χ1) is 10.7. The van der Waals surface area contributed by atoms with E-state index in [1.165, 1.54) is 16.0 Å². The van der Waals surface area contributed by atoms with Gasteiger partial charge in [-0.1, -0.05) is 30.3 Å². The van der Waals surface area contributed by atoms with Gasteiger partial charge in [0.15, 0.2) is 0 Å². The maximum Gasteiger partial charge on any atom is 0.233 e. The second-order valence-electron chi connectivity index (χ2n) is 5.37. The molecule has 1 aliphatic rings. The molecule has 1 amide bonds. The monoisotopic (exact) mass is 313 g/mol. The molecule has 1 N–H and O–H groups in total. The molecule has 0 bridgehead atoms. The van der Waals surface area contributed by atoms with Gasteiger partial charge in [0, 0.05) is 4.90 Å². The third-order valence-corrected chi connectivity index (χ3v) is 4.92. The Kier molecular flexibility index (Phi) is 4.68. The number of nitrogens with one attached hydrogen (secondary N) is 1. The molecule has 0 fully saturated rings. The summed E-state index contributed by atoms with van der Waals surface area (Å²) in [5.74, 6) is 0.936. The fraction of sp³-hybridized carbons (Fsp3) is 0.278. The lowest BCUT2D eigenvalue weighted by molar-refractivity contribution is -0.120. The van der Waals surface area contributed by atoms with Crippen LogP contribution in [0.3, 0.4) is 0 Å². The van der Waals surface area contributed by atoms with Crippen molar-refractivity contribution in [2.24, 2.45) is 0 Å². The minimum absolute atomic E-state index is 0.0173. The molecule has 1 aliphatic heterocycles. The highest BCUT2D eigenvalue weighted by Crippen LogP contribution is 2.36. The van der Waals surface area contributed by atoms with Crippen LogP contribution < -0.4 is 10.1 Å². The van der Waals surface area contributed by atoms with Gasteiger partial charge in [-0.3, -0.25) is 4.79 Å². The maximum atomic E-state index is 12.2. The molecule has 0 saturated heterocycles. The summed E-state index contributed by atoms with van der Waals surface area (Å²) in [5.41, 5.74) is 2.44. The van der Waals surface area contributed by atoms with Crippen molar-refractivity contribution in [2.45, 2.75) is 23.5 Å². The molecule has 22 heavy (non-hydrogen) atoms. The number of carbonyl (C=O) groups excluding carboxylic acids is 1. The summed E-state index contributed by atoms with van der Waals surface area (Å²) in [7, 11) is 0. The van der Waals surface area contributed by atoms with Crippen LogP contribution in [0.4, 0.5) is 0 Å². The zero-order chi connectivity index (χ0) is 15.4. The molecule has 0 aliphatic carbocycles. The van der Waals surface area contributed by atoms with Crippen LogP contribution in [-0.2, 0) is 11.2 Å². The zero-order valence-electron chi connectivity index (χ0n) is 12.5. The summed E-state index contributed by atoms with van der Waals surface area (Å²) in [5, 5.41) is 2.94. The minimum Gasteiger partial charge on any atom is -0.492 e. The van der Waals surface area contributed by atoms with E-state index in [-0.39, 0.29) is 11.2 Å². The van der Waals surface area contributed by atoms with Crippen molar-refractivity contribution in [1.82, 2.24) is 5.32 Å². The quantitative estimate of drug-likeness (QED) is 0.862. The van der Waals surface area contributed by atoms with Crippen LogP contribution in [0.2, 0.25) is 0 Å². The van der Waals surface area contributed by atoms with Gasteiger partial charge in [0.2, 0.25) is 5.91 Å². The third kappa shape index (κ3) is 3.63. The Labute approximate surface area is 135 Å². The molecule has 0 radical (unpaired) electrons. The molecular formula is C18H19NO2S. The Bertz CT molecular complexity index is 647. The van der Waals surface area contributed by atoms with E-state index < -0.39 is 0 Å². The Balaban J connectivity index is 1.42. The van der Waals surface area contributed by atoms with E-state index in [0.29, 0.717) is 13.2 Å². The minimum atomic E-state index is -0.0173. The van der Waals surface area contributed by atoms with Gasteiger partial charge >= 0.3 is 0 Å². The van der Waals surface area contributed by atoms with Crippen molar-refractivity contribution in [3.63, 3.8) is 0 Å². The van der Waals surface area contributed by atoms with Crippen LogP contribution in [0, 0.1) is 6.92 Å². The SMILES string of the molecule is Cc1cccc(OCCNC(=O)C2Cc3ccccc3S2)c1. The van der Waals surface area contributed by atoms with Crippen LogP contribution in [0.1, 0.15) is 11.1 Å². The number of aryl methyl sites for hydroxylation is 1. The van der Waals surface area contributed by atoms with Gasteiger partial charge in [0.05, 0.1) is 11.8 Å². The van der Waals surface area contributed by atoms with Crippen LogP contribution in [-0.4, -0.2) is 24.3 Å². The maximum absolute atomic E-state index is 12.2. The fourth-order valence-corrected chi connectivity index (χ4v) is 3.71. The van der Waals surface area contributed by atoms with Crippen LogP contribution in [0.5, 0.6) is 5.75 Å². The Hall–Kier alpha value is -1.94. The lowest BCUT2D eigenvalue weighted by Crippen LogP contribution is -2.35. The van der Waals surface area contributed by atoms with E-state index in [9.17, 15) is 4.79 Å². The number of hydrogen-bond acceptors (Lipinski definition) is 3. The van der Waals surface area contributed by atoms with Crippen LogP contribution in [0.25, 0.3) is 0 Å². The fourth-order valence-electron chi connectivity index (χ4n) is 2.49. The van der Waals surface area contributed by atoms with Crippen molar-refractivity contribution in [1.29, 1.82) is 0 Å². The van der Waals surface area contributed by atoms with Gasteiger partial charge in [-0.15, -0.1) is 11.8 Å². The summed E-state index contributed by atoms with van der Waals surface area (Å²) in [6.07, 6.45) is 0.811. The lowest BCUT2D eigenvalue weighted by Gasteiger charge is -2.11. The topological polar surface area (TPSA) is 38.3 Å². The van der Waals surface area contributed by atoms with Gasteiger partial charge in [0.1, 0.15) is 12.4 Å². The van der Waals surface area contributed by atoms with Crippen LogP contribution in [0.15, 0.2) is 53.4 Å². The molecule has 3 nitrogen and oxygen atoms in total. The average molecular weight is 313 g/mol. The number of hydrogen-bond donors (Lipinski definition) is 1. The predicted molar refractivity (Wildman–Crippen MR) is 89.5 cm³/mol. The average Bonchev–Trinajstić information content (AvgIpc) is 2.95. The molecular weight excluding hydrogens is 294 g/mol. The van der Waals surface area contributed by atoms with Crippen LogP contribution >= 0.6 is 11.8 Å². The van der Waals surface area contributed by atoms with E-state index in [4.69, 9.17) is 4.74 Å². The van der Waals surface area contributed by atoms with Crippen molar-refractivity contribution >= 4 is 17.7 Å². The molecule has 4 heteroatoms. The highest BCUT2D eigenvalue weighted by Gasteiger charge is 2.27. The molecule has 1 atom stereocenters. The van der Waals surface area contributed by atoms with Crippen molar-refractivity contribution in [3.05, 3.63) is 59.7 Å². The second kappa shape index (κ2) is 6.88. The first kappa shape index (κ1) is 15.0. The molecule has 0 aromatic heterocycles. The van der Waals surface area contributed by atoms with Gasteiger partial charge in [-0.25, -0.2) is 0 Å². The number of amides is 1. The normalized spacial score (nSPS) is 16.1. The molecule has 1 unspecified atom stereocenters. The number of carbonyl (C=O) groups is 1. The lowest BCUT2D eigenvalue weighted by atomic mass is 10.1. The first-order valence-electron chi connectivity index (χ1n) is 7.44. The predicted octanol–water partition coefficient (Wildman–Crippen LogP) is 3.21. The molecule has 0 spiro atoms. The van der Waals surface area contributed by atoms with Gasteiger partial charge in [-0.2, -0.15) is 0 Å². The highest BCUT2D eigenvalue weighted by molar-refractivity contribution is 8.01. The number of benzene rings is 2. The number of thioether (sulfide) groups is 1. The van der Waals surface area contributed by atoms with E-state index >= 15 is 0 Å². The van der Waals surface area contributed by atoms with E-state index in [1.807, 2.05) is 43.3 Å². The molecule has 1 heterocycles. The third-order valence-electron chi connectivity index (χ3n) is 3.60. The second-order valence-corrected chi connectivity index (χ2v) is 6.62. The zero-order valence-corrected chi connectivity index (χ0v) is 13.4. The van der Waals surface area contributed by atoms with Gasteiger partial charge in [0.25, 0.3) is 0 Å². The molecule has 2 aromatic carbocycles. The Morgan fingerprint density at radius 1 is 1.27 bits per heavy atom. The van der Waals surface area contributed by atoms with Crippen molar-refractivity contribution in [2.75, 3.05) is 13.2 Å². The number of ether oxygens (including phenoxy) is 1. The molecule has 0 saturated carbocycles. The molecule has 114 valence electrons. The largest absolute Gasteiger partial charge is 0.492 e. The number of fused-ring (bicyclic) bond motifs is 1. The van der Waals surface area contributed by atoms with Gasteiger partial charge in [-0.05, 0) is 42.7 Å². The van der Waals surface area contributed by atoms with Gasteiger partial charge < -0.3 is 10.1 Å². The summed E-state index contributed by atoms with van der Waals surface area (Å²) < 4.78 is 5.64. The smallest absolute Gasteiger partial charge is 0.233 e. The Morgan fingerprint density at radius 2 is 2.14 bits per heavy atom. The summed E-state index contributed by atoms with van der Waals surface area (Å²) in [6.45, 7) is 3.04. The van der Waals surface area contributed by atoms with E-state index in [1.54, 1.807) is 11.8 Å². The standard InChI is InChI=1S/C18H19NO2S/c1-13-5-4-7-15(11-13)21-10-9-19-18(20)17-12-14-6-2-3-8-16(14)22-17/h2-8,11,17H,9-10,12H2,1H3,(H,19,20). The van der Waals surface area contributed by atoms with Crippen molar-refractivity contribution in [3.8, 4) is 5.75 Å². The van der Waals surface area contributed by atoms with Crippen molar-refractivity contribution < 1.29 is 9.53 Å².